The Kier molecular flexibility index (Phi) is 53.2. The molecule has 121 heavy (non-hydrogen) atoms. The minimum absolute atomic E-state index is 0. The molecule has 3 aliphatic rings. The molecule has 2 amide bonds. The fourth-order valence-electron chi connectivity index (χ4n) is 12.2. The Balaban J connectivity index is 0.00000140. The summed E-state index contributed by atoms with van der Waals surface area (Å²) in [6.45, 7) is 17.9. The molecule has 1 aromatic heterocycles. The van der Waals surface area contributed by atoms with Gasteiger partial charge in [0.2, 0.25) is 11.8 Å². The number of benzene rings is 8. The number of anilines is 5. The van der Waals surface area contributed by atoms with Crippen LogP contribution in [0.1, 0.15) is 156 Å². The third-order valence-corrected chi connectivity index (χ3v) is 19.3. The number of aromatic nitrogens is 2. The van der Waals surface area contributed by atoms with E-state index in [1.54, 1.807) is 56.6 Å². The van der Waals surface area contributed by atoms with Crippen LogP contribution in [0.2, 0.25) is 0 Å². The van der Waals surface area contributed by atoms with Gasteiger partial charge in [0.15, 0.2) is 0 Å². The first-order valence-corrected chi connectivity index (χ1v) is 41.0. The van der Waals surface area contributed by atoms with Crippen molar-refractivity contribution in [3.8, 4) is 17.2 Å². The van der Waals surface area contributed by atoms with E-state index < -0.39 is 38.8 Å². The van der Waals surface area contributed by atoms with Crippen molar-refractivity contribution in [1.82, 2.24) is 9.55 Å². The monoisotopic (exact) mass is 1870 g/mol. The maximum absolute atomic E-state index is 13.7. The fraction of sp³-hybridized carbons (Fsp3) is 0.384. The predicted octanol–water partition coefficient (Wildman–Crippen LogP) is 9.25. The first-order valence-electron chi connectivity index (χ1n) is 38.8. The molecule has 0 spiro atoms. The number of nitrogens with two attached hydrogens (primary N) is 2. The van der Waals surface area contributed by atoms with Gasteiger partial charge in [0.25, 0.3) is 29.7 Å². The van der Waals surface area contributed by atoms with Gasteiger partial charge in [0.1, 0.15) is 70.2 Å². The van der Waals surface area contributed by atoms with Gasteiger partial charge >= 0.3 is 136 Å². The van der Waals surface area contributed by atoms with E-state index in [0.717, 1.165) is 121 Å². The SMILES string of the molecule is CCC(C)Cc1c(F)ccc([N+](=O)[O-])c1F.CCC(C)Cc1c(F)ccc([N+](=O)[O-])c1NC.CCC(C)Cc1c(F)cccc1F.CCC1Cc2c(ccc(N)c2NC)O1.CCC1Cc2c(ccc([N+](=O)[O-])c2NC)O1.CCC1Cc2c(ccc3nc(NC(=O)c4ccccc4)n(C)c23)O1.CN.O=C(N=C=S)c1ccccc1.O=CO[O-].[2H][I-]C.[H-].[K+].[K+]. The van der Waals surface area contributed by atoms with E-state index in [-0.39, 0.29) is 208 Å². The fourth-order valence-corrected chi connectivity index (χ4v) is 12.3. The van der Waals surface area contributed by atoms with E-state index in [2.05, 4.69) is 67.9 Å². The second kappa shape index (κ2) is 59.0. The van der Waals surface area contributed by atoms with Gasteiger partial charge in [-0.15, -0.1) is 0 Å². The van der Waals surface area contributed by atoms with Crippen LogP contribution >= 0.6 is 12.2 Å². The van der Waals surface area contributed by atoms with Crippen molar-refractivity contribution in [2.45, 2.75) is 158 Å². The molecule has 6 atom stereocenters. The van der Waals surface area contributed by atoms with Crippen LogP contribution in [-0.4, -0.2) is 99.8 Å². The van der Waals surface area contributed by atoms with E-state index >= 15 is 0 Å². The van der Waals surface area contributed by atoms with Crippen LogP contribution in [-0.2, 0) is 55.3 Å². The van der Waals surface area contributed by atoms with Crippen molar-refractivity contribution in [3.63, 3.8) is 0 Å². The standard InChI is InChI=1S/C19H19N3O2.C12H17FN2O2.C11H13F2NO2.C11H14F2.C11H14N2O3.C11H16N2O.C8H5NOS.CH4I.CH5N.CH2O3.2K.H/c1-3-13-11-14-16(24-13)10-9-15-17(14)22(2)19(20-15)21-18(23)12-7-5-4-6-8-12;1-4-8(2)7-9-10(13)5-6-11(15(16)17)12(9)14-3;1-3-7(2)6-8-9(12)4-5-10(11(8)13)14(15)16;1-3-8(2)7-9-10(12)5-4-6-11(9)13;1-3-7-6-8-10(16-7)5-4-9(13(14)15)11(8)12-2;1-3-7-6-8-10(14-7)5-4-9(12)11(8)13-2;10-8(9-6-11)7-4-2-1-3-5-7;2*1-2;2-1-4-3;;;/h4-10,13H,3,11H2,1-2H3,(H,20,21,23);5-6,8,14H,4,7H2,1-3H3;4-5,7H,3,6H2,1-2H3;4-6,8H,3,7H2,1-2H3;4-5,7,12H,3,6H2,1-2H3;4-5,7,13H,3,6,12H2,1-2H3;1-5H;2H,1H3;2H2,1H3;1,3H;;;/q;;;;;;;-1;;;2*+1;-1/p-1/i;;;;;;;2D;;;;;. The third kappa shape index (κ3) is 33.6. The molecule has 8 N–H and O–H groups in total. The number of nitrogens with zero attached hydrogens (tertiary/aromatic N) is 6. The average molecular weight is 1870 g/mol. The zero-order valence-corrected chi connectivity index (χ0v) is 80.8. The largest absolute Gasteiger partial charge is 1.00 e. The number of nitrogen functional groups attached to an aromatic ring is 1. The number of ether oxygens (including phenoxy) is 3. The number of nitro benzene ring substituents is 3. The molecule has 0 aliphatic carbocycles. The Morgan fingerprint density at radius 3 is 1.43 bits per heavy atom. The maximum Gasteiger partial charge on any atom is 1.00 e. The third-order valence-electron chi connectivity index (χ3n) is 19.2. The molecule has 35 heteroatoms. The molecule has 0 bridgehead atoms. The van der Waals surface area contributed by atoms with Crippen molar-refractivity contribution >= 4 is 92.5 Å². The van der Waals surface area contributed by atoms with E-state index in [1.807, 2.05) is 126 Å². The summed E-state index contributed by atoms with van der Waals surface area (Å²) < 4.78 is 92.5. The summed E-state index contributed by atoms with van der Waals surface area (Å²) in [4.78, 5) is 74.9. The maximum atomic E-state index is 13.7. The summed E-state index contributed by atoms with van der Waals surface area (Å²) >= 11 is 4.13. The molecule has 0 saturated heterocycles. The van der Waals surface area contributed by atoms with Crippen LogP contribution in [0.15, 0.2) is 145 Å². The molecule has 26 nitrogen and oxygen atoms in total. The number of hydrogen-bond donors (Lipinski definition) is 6. The number of aliphatic imine (C=N–C) groups is 1. The van der Waals surface area contributed by atoms with Crippen molar-refractivity contribution in [1.29, 1.82) is 0.594 Å². The number of aryl methyl sites for hydroxylation is 1. The zero-order valence-electron chi connectivity index (χ0n) is 73.5. The number of isothiocyanates is 1. The number of carbonyl (C=O) groups is 3. The second-order valence-electron chi connectivity index (χ2n) is 26.9. The summed E-state index contributed by atoms with van der Waals surface area (Å²) in [5.41, 5.74) is 19.2. The van der Waals surface area contributed by atoms with Gasteiger partial charge in [-0.25, -0.2) is 22.5 Å². The summed E-state index contributed by atoms with van der Waals surface area (Å²) in [6.07, 6.45) is 9.97. The Morgan fingerprint density at radius 2 is 0.992 bits per heavy atom. The molecule has 9 aromatic rings. The summed E-state index contributed by atoms with van der Waals surface area (Å²) in [7, 11) is 8.59. The van der Waals surface area contributed by atoms with Gasteiger partial charge < -0.3 is 57.8 Å². The number of imidazole rings is 1. The van der Waals surface area contributed by atoms with E-state index in [0.29, 0.717) is 59.1 Å². The summed E-state index contributed by atoms with van der Waals surface area (Å²) in [5.74, 6) is 0.405. The zero-order chi connectivity index (χ0) is 89.9. The van der Waals surface area contributed by atoms with Gasteiger partial charge in [-0.3, -0.25) is 50.0 Å². The molecule has 0 saturated carbocycles. The van der Waals surface area contributed by atoms with Crippen LogP contribution in [0, 0.1) is 77.2 Å². The first kappa shape index (κ1) is 109. The normalized spacial score (nSPS) is 13.6. The Labute approximate surface area is 809 Å². The number of amides is 2. The molecule has 648 valence electrons. The Bertz CT molecular complexity index is 4850. The number of rotatable bonds is 22. The molecule has 3 aliphatic heterocycles. The molecule has 0 fully saturated rings. The number of hydrogen-bond acceptors (Lipinski definition) is 21. The minimum Gasteiger partial charge on any atom is -1.00 e. The van der Waals surface area contributed by atoms with Crippen molar-refractivity contribution in [3.05, 3.63) is 243 Å². The van der Waals surface area contributed by atoms with Crippen molar-refractivity contribution in [2.24, 2.45) is 35.5 Å². The second-order valence-corrected chi connectivity index (χ2v) is 27.1. The number of alkyl halides is 1. The van der Waals surface area contributed by atoms with Crippen LogP contribution in [0.3, 0.4) is 0 Å². The molecule has 12 rings (SSSR count). The van der Waals surface area contributed by atoms with E-state index in [4.69, 9.17) is 30.6 Å². The summed E-state index contributed by atoms with van der Waals surface area (Å²) in [5, 5.41) is 54.3. The summed E-state index contributed by atoms with van der Waals surface area (Å²) in [6, 6.07) is 37.0. The average Bonchev–Trinajstić information content (AvgIpc) is 1.60. The Morgan fingerprint density at radius 1 is 0.612 bits per heavy atom. The molecule has 4 heterocycles. The van der Waals surface area contributed by atoms with Crippen LogP contribution in [0.25, 0.3) is 11.0 Å². The molecular weight excluding hydrogens is 1760 g/mol. The molecule has 6 unspecified atom stereocenters. The smallest absolute Gasteiger partial charge is 1.00 e. The Hall–Kier alpha value is -7.99. The topological polar surface area (TPSA) is 371 Å². The van der Waals surface area contributed by atoms with E-state index in [9.17, 15) is 61.9 Å². The van der Waals surface area contributed by atoms with Gasteiger partial charge in [-0.05, 0) is 154 Å². The van der Waals surface area contributed by atoms with Crippen LogP contribution in [0.5, 0.6) is 17.2 Å². The number of thiocarbonyl (C=S) groups is 1. The molecule has 0 radical (unpaired) electrons. The van der Waals surface area contributed by atoms with Gasteiger partial charge in [0, 0.05) is 110 Å². The number of halogens is 6. The van der Waals surface area contributed by atoms with Gasteiger partial charge in [-0.1, -0.05) is 124 Å². The number of carbonyl (C=O) groups excluding carboxylic acids is 3. The van der Waals surface area contributed by atoms with Crippen molar-refractivity contribution in [2.75, 3.05) is 60.1 Å². The number of nitrogens with one attached hydrogen (secondary N) is 4. The van der Waals surface area contributed by atoms with Crippen molar-refractivity contribution < 1.29 is 202 Å². The van der Waals surface area contributed by atoms with Gasteiger partial charge in [-0.2, -0.15) is 9.38 Å². The van der Waals surface area contributed by atoms with Gasteiger partial charge in [0.05, 0.1) is 42.3 Å². The van der Waals surface area contributed by atoms with Crippen LogP contribution < -0.4 is 177 Å². The van der Waals surface area contributed by atoms with Crippen LogP contribution in [0.4, 0.5) is 67.7 Å². The molecule has 8 aromatic carbocycles. The first-order chi connectivity index (χ1) is 57.4. The number of nitro groups is 3. The number of fused-ring (bicyclic) bond motifs is 5. The predicted molar refractivity (Wildman–Crippen MR) is 456 cm³/mol. The quantitative estimate of drug-likeness (QED) is 0.00314. The molecular formula is C86H109F5IK2N12O14S-. The van der Waals surface area contributed by atoms with E-state index in [1.165, 1.54) is 48.5 Å². The minimum atomic E-state index is -1.05.